The van der Waals surface area contributed by atoms with Crippen LogP contribution in [0.4, 0.5) is 5.69 Å². The highest BCUT2D eigenvalue weighted by Gasteiger charge is 2.21. The van der Waals surface area contributed by atoms with Gasteiger partial charge in [0.25, 0.3) is 0 Å². The molecule has 1 aromatic carbocycles. The lowest BCUT2D eigenvalue weighted by atomic mass is 9.88. The molecule has 1 aromatic rings. The lowest BCUT2D eigenvalue weighted by Gasteiger charge is -2.20. The molecule has 0 bridgehead atoms. The molecule has 7 nitrogen and oxygen atoms in total. The van der Waals surface area contributed by atoms with E-state index >= 15 is 0 Å². The third kappa shape index (κ3) is 4.20. The maximum atomic E-state index is 12.1. The normalized spacial score (nSPS) is 16.0. The summed E-state index contributed by atoms with van der Waals surface area (Å²) in [5.74, 6) is -0.354. The van der Waals surface area contributed by atoms with Gasteiger partial charge in [-0.3, -0.25) is 16.3 Å². The number of carbonyl (C=O) groups is 1. The van der Waals surface area contributed by atoms with Gasteiger partial charge in [0.05, 0.1) is 0 Å². The first kappa shape index (κ1) is 16.3. The van der Waals surface area contributed by atoms with Crippen LogP contribution in [0.2, 0.25) is 0 Å². The van der Waals surface area contributed by atoms with Gasteiger partial charge in [-0.1, -0.05) is 19.3 Å². The fourth-order valence-corrected chi connectivity index (χ4v) is 3.46. The van der Waals surface area contributed by atoms with E-state index in [0.29, 0.717) is 5.69 Å². The Morgan fingerprint density at radius 1 is 1.09 bits per heavy atom. The molecule has 22 heavy (non-hydrogen) atoms. The molecule has 8 heteroatoms. The van der Waals surface area contributed by atoms with Crippen LogP contribution < -0.4 is 21.2 Å². The summed E-state index contributed by atoms with van der Waals surface area (Å²) in [6.07, 6.45) is 5.17. The van der Waals surface area contributed by atoms with Crippen molar-refractivity contribution in [2.75, 3.05) is 5.32 Å². The second-order valence-corrected chi connectivity index (χ2v) is 7.09. The monoisotopic (exact) mass is 325 g/mol. The lowest BCUT2D eigenvalue weighted by molar-refractivity contribution is -0.270. The second-order valence-electron chi connectivity index (χ2n) is 5.41. The molecule has 2 rings (SSSR count). The van der Waals surface area contributed by atoms with Crippen molar-refractivity contribution < 1.29 is 17.6 Å². The number of guanidine groups is 1. The minimum atomic E-state index is -3.77. The second kappa shape index (κ2) is 6.78. The Morgan fingerprint density at radius 3 is 2.23 bits per heavy atom. The number of rotatable bonds is 4. The van der Waals surface area contributed by atoms with E-state index in [1.165, 1.54) is 18.6 Å². The Balaban J connectivity index is 2.06. The lowest BCUT2D eigenvalue weighted by Crippen LogP contribution is -2.80. The minimum absolute atomic E-state index is 0.00651. The van der Waals surface area contributed by atoms with Crippen LogP contribution >= 0.6 is 0 Å². The summed E-state index contributed by atoms with van der Waals surface area (Å²) >= 11 is 0. The van der Waals surface area contributed by atoms with Gasteiger partial charge in [-0.15, -0.1) is 0 Å². The average Bonchev–Trinajstić information content (AvgIpc) is 2.47. The van der Waals surface area contributed by atoms with Crippen molar-refractivity contribution >= 4 is 27.6 Å². The van der Waals surface area contributed by atoms with E-state index in [1.54, 1.807) is 12.1 Å². The van der Waals surface area contributed by atoms with Crippen LogP contribution in [0.15, 0.2) is 29.2 Å². The van der Waals surface area contributed by atoms with Crippen molar-refractivity contribution in [3.63, 3.8) is 0 Å². The Labute approximate surface area is 129 Å². The predicted octanol–water partition coefficient (Wildman–Crippen LogP) is -0.752. The first-order chi connectivity index (χ1) is 10.4. The molecule has 0 aromatic heterocycles. The smallest absolute Gasteiger partial charge is 0.326 e. The molecule has 0 atom stereocenters. The van der Waals surface area contributed by atoms with Crippen LogP contribution in [0.1, 0.15) is 32.1 Å². The highest BCUT2D eigenvalue weighted by molar-refractivity contribution is 7.84. The van der Waals surface area contributed by atoms with Gasteiger partial charge in [0.1, 0.15) is 4.90 Å². The molecular weight excluding hydrogens is 304 g/mol. The van der Waals surface area contributed by atoms with Crippen molar-refractivity contribution in [2.24, 2.45) is 17.4 Å². The molecule has 0 radical (unpaired) electrons. The fraction of sp³-hybridized carbons (Fsp3) is 0.429. The van der Waals surface area contributed by atoms with E-state index in [9.17, 15) is 13.2 Å². The minimum Gasteiger partial charge on any atom is -0.326 e. The van der Waals surface area contributed by atoms with Crippen molar-refractivity contribution in [2.45, 2.75) is 37.0 Å². The van der Waals surface area contributed by atoms with Crippen molar-refractivity contribution in [3.8, 4) is 0 Å². The summed E-state index contributed by atoms with van der Waals surface area (Å²) in [5.41, 5.74) is 10.9. The van der Waals surface area contributed by atoms with E-state index in [-0.39, 0.29) is 16.7 Å². The molecule has 0 aliphatic heterocycles. The van der Waals surface area contributed by atoms with E-state index < -0.39 is 16.0 Å². The Bertz CT molecular complexity index is 658. The van der Waals surface area contributed by atoms with Crippen LogP contribution in [-0.2, 0) is 14.8 Å². The van der Waals surface area contributed by atoms with Gasteiger partial charge < -0.3 is 5.32 Å². The highest BCUT2D eigenvalue weighted by atomic mass is 32.2. The van der Waals surface area contributed by atoms with Crippen LogP contribution in [0.5, 0.6) is 0 Å². The highest BCUT2D eigenvalue weighted by Crippen LogP contribution is 2.25. The van der Waals surface area contributed by atoms with Gasteiger partial charge >= 0.3 is 16.0 Å². The third-order valence-corrected chi connectivity index (χ3v) is 5.06. The zero-order valence-corrected chi connectivity index (χ0v) is 13.0. The van der Waals surface area contributed by atoms with Crippen molar-refractivity contribution in [3.05, 3.63) is 24.3 Å². The zero-order valence-electron chi connectivity index (χ0n) is 12.2. The fourth-order valence-electron chi connectivity index (χ4n) is 2.54. The van der Waals surface area contributed by atoms with Crippen LogP contribution in [0.25, 0.3) is 0 Å². The average molecular weight is 325 g/mol. The quantitative estimate of drug-likeness (QED) is 0.427. The molecule has 1 amide bonds. The summed E-state index contributed by atoms with van der Waals surface area (Å²) in [6.45, 7) is 0. The largest absolute Gasteiger partial charge is 0.353 e. The number of carbonyl (C=O) groups excluding carboxylic acids is 1. The van der Waals surface area contributed by atoms with Crippen molar-refractivity contribution in [1.82, 2.24) is 0 Å². The van der Waals surface area contributed by atoms with Gasteiger partial charge in [0.2, 0.25) is 5.91 Å². The molecule has 0 heterocycles. The number of anilines is 1. The SMILES string of the molecule is NC(N)=[NH+]S(=O)(=O)c1ccc(NC(=O)C2CCCCC2)cc1. The summed E-state index contributed by atoms with van der Waals surface area (Å²) in [7, 11) is -3.77. The van der Waals surface area contributed by atoms with Gasteiger partial charge in [-0.05, 0) is 37.1 Å². The Kier molecular flexibility index (Phi) is 5.02. The number of hydrogen-bond donors (Lipinski definition) is 4. The van der Waals surface area contributed by atoms with E-state index in [0.717, 1.165) is 25.7 Å². The Morgan fingerprint density at radius 2 is 1.68 bits per heavy atom. The van der Waals surface area contributed by atoms with Gasteiger partial charge in [-0.2, -0.15) is 12.8 Å². The maximum absolute atomic E-state index is 12.1. The molecule has 1 saturated carbocycles. The van der Waals surface area contributed by atoms with Gasteiger partial charge in [0, 0.05) is 11.6 Å². The molecule has 6 N–H and O–H groups in total. The molecular formula is C14H21N4O3S+. The summed E-state index contributed by atoms with van der Waals surface area (Å²) in [4.78, 5) is 12.1. The molecule has 120 valence electrons. The zero-order chi connectivity index (χ0) is 16.2. The summed E-state index contributed by atoms with van der Waals surface area (Å²) in [6, 6.07) is 5.87. The molecule has 0 unspecified atom stereocenters. The molecule has 1 fully saturated rings. The number of nitrogens with two attached hydrogens (primary N) is 2. The van der Waals surface area contributed by atoms with E-state index in [4.69, 9.17) is 11.5 Å². The summed E-state index contributed by atoms with van der Waals surface area (Å²) < 4.78 is 25.7. The summed E-state index contributed by atoms with van der Waals surface area (Å²) in [5, 5.41) is 2.82. The molecule has 1 aliphatic carbocycles. The third-order valence-electron chi connectivity index (χ3n) is 3.66. The van der Waals surface area contributed by atoms with Crippen LogP contribution in [0, 0.1) is 5.92 Å². The number of sulfonamides is 1. The van der Waals surface area contributed by atoms with Crippen molar-refractivity contribution in [1.29, 1.82) is 0 Å². The number of nitrogens with one attached hydrogen (secondary N) is 2. The molecule has 0 saturated heterocycles. The molecule has 0 spiro atoms. The topological polar surface area (TPSA) is 129 Å². The predicted molar refractivity (Wildman–Crippen MR) is 83.2 cm³/mol. The molecule has 1 aliphatic rings. The van der Waals surface area contributed by atoms with Gasteiger partial charge in [-0.25, -0.2) is 0 Å². The number of benzene rings is 1. The van der Waals surface area contributed by atoms with Crippen LogP contribution in [-0.4, -0.2) is 20.3 Å². The van der Waals surface area contributed by atoms with Crippen LogP contribution in [0.3, 0.4) is 0 Å². The maximum Gasteiger partial charge on any atom is 0.353 e. The first-order valence-electron chi connectivity index (χ1n) is 7.20. The first-order valence-corrected chi connectivity index (χ1v) is 8.68. The number of amides is 1. The number of hydrogen-bond acceptors (Lipinski definition) is 3. The Hall–Kier alpha value is -2.09. The standard InChI is InChI=1S/C14H20N4O3S/c15-14(16)18-22(20,21)12-8-6-11(7-9-12)17-13(19)10-4-2-1-3-5-10/h6-10H,1-5H2,(H,17,19)(H4,15,16,18)/p+1. The van der Waals surface area contributed by atoms with E-state index in [1.807, 2.05) is 4.40 Å². The van der Waals surface area contributed by atoms with E-state index in [2.05, 4.69) is 5.32 Å². The van der Waals surface area contributed by atoms with Gasteiger partial charge in [0.15, 0.2) is 0 Å².